The van der Waals surface area contributed by atoms with Gasteiger partial charge in [0.1, 0.15) is 0 Å². The molecule has 0 spiro atoms. The van der Waals surface area contributed by atoms with Crippen molar-refractivity contribution in [2.45, 2.75) is 5.03 Å². The molecule has 0 saturated carbocycles. The molecular weight excluding hydrogens is 270 g/mol. The molecule has 8 heteroatoms. The molecule has 0 fully saturated rings. The van der Waals surface area contributed by atoms with Crippen LogP contribution in [0.25, 0.3) is 0 Å². The number of benzene rings is 1. The Bertz CT molecular complexity index is 694. The van der Waals surface area contributed by atoms with Crippen LogP contribution in [-0.2, 0) is 10.0 Å². The maximum Gasteiger partial charge on any atom is 0.337 e. The Hall–Kier alpha value is -2.35. The van der Waals surface area contributed by atoms with Crippen molar-refractivity contribution in [3.63, 3.8) is 0 Å². The van der Waals surface area contributed by atoms with Gasteiger partial charge in [0.15, 0.2) is 5.03 Å². The normalized spacial score (nSPS) is 11.2. The van der Waals surface area contributed by atoms with Crippen molar-refractivity contribution >= 4 is 21.7 Å². The van der Waals surface area contributed by atoms with E-state index < -0.39 is 16.0 Å². The molecule has 0 aliphatic heterocycles. The summed E-state index contributed by atoms with van der Waals surface area (Å²) in [7, 11) is -2.56. The molecule has 2 aromatic rings. The number of aromatic amines is 1. The minimum absolute atomic E-state index is 0.0876. The molecule has 1 heterocycles. The van der Waals surface area contributed by atoms with Gasteiger partial charge in [-0.1, -0.05) is 12.1 Å². The lowest BCUT2D eigenvalue weighted by Crippen LogP contribution is -2.28. The van der Waals surface area contributed by atoms with Crippen LogP contribution in [0.2, 0.25) is 0 Å². The Balaban J connectivity index is 2.52. The van der Waals surface area contributed by atoms with Crippen molar-refractivity contribution in [1.82, 2.24) is 9.97 Å². The number of imidazole rings is 1. The number of nitrogens with one attached hydrogen (secondary N) is 1. The fourth-order valence-corrected chi connectivity index (χ4v) is 2.70. The van der Waals surface area contributed by atoms with E-state index in [-0.39, 0.29) is 16.3 Å². The van der Waals surface area contributed by atoms with Crippen LogP contribution in [0.15, 0.2) is 41.8 Å². The van der Waals surface area contributed by atoms with E-state index in [0.29, 0.717) is 0 Å². The third-order valence-electron chi connectivity index (χ3n) is 2.59. The topological polar surface area (TPSA) is 103 Å². The summed E-state index contributed by atoms with van der Waals surface area (Å²) < 4.78 is 25.4. The zero-order valence-corrected chi connectivity index (χ0v) is 10.8. The molecule has 0 aliphatic rings. The molecule has 0 aliphatic carbocycles. The second kappa shape index (κ2) is 4.73. The first-order valence-electron chi connectivity index (χ1n) is 5.24. The smallest absolute Gasteiger partial charge is 0.337 e. The summed E-state index contributed by atoms with van der Waals surface area (Å²) in [4.78, 5) is 17.2. The number of carboxylic acid groups (broad SMARTS) is 1. The monoisotopic (exact) mass is 281 g/mol. The number of hydrogen-bond acceptors (Lipinski definition) is 4. The second-order valence-electron chi connectivity index (χ2n) is 3.71. The van der Waals surface area contributed by atoms with Crippen molar-refractivity contribution in [2.75, 3.05) is 11.4 Å². The number of nitrogens with zero attached hydrogens (tertiary/aromatic N) is 2. The minimum Gasteiger partial charge on any atom is -0.478 e. The molecule has 0 bridgehead atoms. The van der Waals surface area contributed by atoms with Gasteiger partial charge in [0.25, 0.3) is 10.0 Å². The first-order chi connectivity index (χ1) is 8.94. The molecule has 19 heavy (non-hydrogen) atoms. The molecule has 0 radical (unpaired) electrons. The van der Waals surface area contributed by atoms with Gasteiger partial charge in [0, 0.05) is 7.05 Å². The highest BCUT2D eigenvalue weighted by Crippen LogP contribution is 2.24. The van der Waals surface area contributed by atoms with Crippen LogP contribution < -0.4 is 4.31 Å². The molecule has 0 unspecified atom stereocenters. The predicted molar refractivity (Wildman–Crippen MR) is 67.6 cm³/mol. The van der Waals surface area contributed by atoms with Crippen LogP contribution in [-0.4, -0.2) is 36.5 Å². The first-order valence-corrected chi connectivity index (χ1v) is 6.68. The van der Waals surface area contributed by atoms with Crippen LogP contribution in [0.1, 0.15) is 10.4 Å². The number of rotatable bonds is 4. The van der Waals surface area contributed by atoms with Crippen LogP contribution >= 0.6 is 0 Å². The molecule has 2 rings (SSSR count). The van der Waals surface area contributed by atoms with Gasteiger partial charge in [-0.05, 0) is 12.1 Å². The van der Waals surface area contributed by atoms with E-state index in [1.165, 1.54) is 31.6 Å². The maximum atomic E-state index is 12.2. The number of hydrogen-bond donors (Lipinski definition) is 2. The summed E-state index contributed by atoms with van der Waals surface area (Å²) in [5, 5.41) is 8.97. The Labute approximate surface area is 109 Å². The van der Waals surface area contributed by atoms with Gasteiger partial charge in [-0.15, -0.1) is 0 Å². The zero-order chi connectivity index (χ0) is 14.0. The molecule has 2 N–H and O–H groups in total. The molecule has 0 amide bonds. The number of aromatic carboxylic acids is 1. The van der Waals surface area contributed by atoms with E-state index in [9.17, 15) is 13.2 Å². The lowest BCUT2D eigenvalue weighted by atomic mass is 10.2. The van der Waals surface area contributed by atoms with Gasteiger partial charge in [0.2, 0.25) is 0 Å². The highest BCUT2D eigenvalue weighted by molar-refractivity contribution is 7.92. The van der Waals surface area contributed by atoms with E-state index in [0.717, 1.165) is 10.5 Å². The summed E-state index contributed by atoms with van der Waals surface area (Å²) in [6, 6.07) is 5.87. The first kappa shape index (κ1) is 13.1. The number of para-hydroxylation sites is 1. The van der Waals surface area contributed by atoms with Gasteiger partial charge < -0.3 is 10.1 Å². The van der Waals surface area contributed by atoms with Gasteiger partial charge >= 0.3 is 5.97 Å². The van der Waals surface area contributed by atoms with Gasteiger partial charge in [-0.2, -0.15) is 8.42 Å². The molecule has 1 aromatic heterocycles. The fourth-order valence-electron chi connectivity index (χ4n) is 1.59. The minimum atomic E-state index is -3.85. The van der Waals surface area contributed by atoms with Gasteiger partial charge in [-0.3, -0.25) is 4.31 Å². The van der Waals surface area contributed by atoms with E-state index >= 15 is 0 Å². The average Bonchev–Trinajstić information content (AvgIpc) is 2.92. The van der Waals surface area contributed by atoms with Crippen molar-refractivity contribution in [3.05, 3.63) is 42.4 Å². The van der Waals surface area contributed by atoms with Crippen molar-refractivity contribution < 1.29 is 18.3 Å². The predicted octanol–water partition coefficient (Wildman–Crippen LogP) is 0.933. The summed E-state index contributed by atoms with van der Waals surface area (Å²) >= 11 is 0. The van der Waals surface area contributed by atoms with E-state index in [1.54, 1.807) is 6.07 Å². The van der Waals surface area contributed by atoms with Crippen molar-refractivity contribution in [2.24, 2.45) is 0 Å². The van der Waals surface area contributed by atoms with E-state index in [4.69, 9.17) is 5.11 Å². The average molecular weight is 281 g/mol. The molecule has 0 atom stereocenters. The quantitative estimate of drug-likeness (QED) is 0.867. The largest absolute Gasteiger partial charge is 0.478 e. The van der Waals surface area contributed by atoms with Gasteiger partial charge in [0.05, 0.1) is 23.8 Å². The van der Waals surface area contributed by atoms with E-state index in [1.807, 2.05) is 0 Å². The van der Waals surface area contributed by atoms with Gasteiger partial charge in [-0.25, -0.2) is 9.78 Å². The summed E-state index contributed by atoms with van der Waals surface area (Å²) in [5.74, 6) is -1.19. The Morgan fingerprint density at radius 2 is 2.05 bits per heavy atom. The van der Waals surface area contributed by atoms with Crippen molar-refractivity contribution in [1.29, 1.82) is 0 Å². The molecular formula is C11H11N3O4S. The zero-order valence-electron chi connectivity index (χ0n) is 9.94. The highest BCUT2D eigenvalue weighted by atomic mass is 32.2. The summed E-state index contributed by atoms with van der Waals surface area (Å²) in [5.41, 5.74) is -0.00214. The standard InChI is InChI=1S/C11H11N3O4S/c1-14(19(17,18)10-6-12-7-13-10)9-5-3-2-4-8(9)11(15)16/h2-7H,1H3,(H,12,13)(H,15,16). The number of anilines is 1. The number of aromatic nitrogens is 2. The molecule has 100 valence electrons. The van der Waals surface area contributed by atoms with Crippen LogP contribution in [0.3, 0.4) is 0 Å². The Morgan fingerprint density at radius 1 is 1.37 bits per heavy atom. The SMILES string of the molecule is CN(c1ccccc1C(=O)O)S(=O)(=O)c1cnc[nH]1. The Kier molecular flexibility index (Phi) is 3.26. The molecule has 7 nitrogen and oxygen atoms in total. The summed E-state index contributed by atoms with van der Waals surface area (Å²) in [6.45, 7) is 0. The molecule has 0 saturated heterocycles. The van der Waals surface area contributed by atoms with Crippen LogP contribution in [0.5, 0.6) is 0 Å². The second-order valence-corrected chi connectivity index (χ2v) is 5.65. The third kappa shape index (κ3) is 2.29. The lowest BCUT2D eigenvalue weighted by molar-refractivity contribution is 0.0698. The lowest BCUT2D eigenvalue weighted by Gasteiger charge is -2.19. The Morgan fingerprint density at radius 3 is 2.63 bits per heavy atom. The number of sulfonamides is 1. The number of H-pyrrole nitrogens is 1. The van der Waals surface area contributed by atoms with Crippen LogP contribution in [0, 0.1) is 0 Å². The maximum absolute atomic E-state index is 12.2. The third-order valence-corrected chi connectivity index (χ3v) is 4.28. The summed E-state index contributed by atoms with van der Waals surface area (Å²) in [6.07, 6.45) is 2.40. The van der Waals surface area contributed by atoms with Crippen molar-refractivity contribution in [3.8, 4) is 0 Å². The highest BCUT2D eigenvalue weighted by Gasteiger charge is 2.25. The van der Waals surface area contributed by atoms with E-state index in [2.05, 4.69) is 9.97 Å². The molecule has 1 aromatic carbocycles. The fraction of sp³-hybridized carbons (Fsp3) is 0.0909. The number of carbonyl (C=O) groups is 1. The van der Waals surface area contributed by atoms with Crippen LogP contribution in [0.4, 0.5) is 5.69 Å². The number of carboxylic acids is 1.